The lowest BCUT2D eigenvalue weighted by Crippen LogP contribution is -2.46. The summed E-state index contributed by atoms with van der Waals surface area (Å²) in [5, 5.41) is 1.16. The van der Waals surface area contributed by atoms with Gasteiger partial charge in [0.15, 0.2) is 22.9 Å². The van der Waals surface area contributed by atoms with Gasteiger partial charge in [0.2, 0.25) is 0 Å². The van der Waals surface area contributed by atoms with E-state index in [9.17, 15) is 0 Å². The fourth-order valence-electron chi connectivity index (χ4n) is 4.05. The molecule has 0 bridgehead atoms. The third-order valence-corrected chi connectivity index (χ3v) is 6.80. The largest absolute Gasteiger partial charge is 0.484 e. The maximum atomic E-state index is 6.14. The van der Waals surface area contributed by atoms with Gasteiger partial charge in [0, 0.05) is 19.6 Å². The zero-order valence-electron chi connectivity index (χ0n) is 16.1. The number of rotatable bonds is 4. The lowest BCUT2D eigenvalue weighted by Gasteiger charge is -2.37. The van der Waals surface area contributed by atoms with Gasteiger partial charge >= 0.3 is 0 Å². The number of fused-ring (bicyclic) bond motifs is 2. The molecule has 3 heterocycles. The van der Waals surface area contributed by atoms with E-state index in [0.717, 1.165) is 41.8 Å². The number of anilines is 1. The highest BCUT2D eigenvalue weighted by atomic mass is 32.1. The van der Waals surface area contributed by atoms with Gasteiger partial charge in [-0.3, -0.25) is 4.90 Å². The minimum absolute atomic E-state index is 0.0165. The summed E-state index contributed by atoms with van der Waals surface area (Å²) in [7, 11) is 2.14. The van der Waals surface area contributed by atoms with Crippen LogP contribution in [0.4, 0.5) is 5.13 Å². The van der Waals surface area contributed by atoms with Crippen LogP contribution >= 0.6 is 11.3 Å². The molecule has 0 aliphatic carbocycles. The van der Waals surface area contributed by atoms with E-state index in [1.807, 2.05) is 24.3 Å². The van der Waals surface area contributed by atoms with Crippen LogP contribution in [0.15, 0.2) is 48.5 Å². The number of likely N-dealkylation sites (N-methyl/N-ethyl adjacent to an activating group) is 1. The third-order valence-electron chi connectivity index (χ3n) is 5.70. The summed E-state index contributed by atoms with van der Waals surface area (Å²) in [4.78, 5) is 9.56. The Balaban J connectivity index is 1.16. The number of piperidine rings is 1. The Bertz CT molecular complexity index is 919. The maximum absolute atomic E-state index is 6.14. The minimum atomic E-state index is -0.0165. The zero-order chi connectivity index (χ0) is 18.9. The molecule has 0 amide bonds. The molecule has 0 saturated carbocycles. The van der Waals surface area contributed by atoms with Gasteiger partial charge < -0.3 is 14.4 Å². The first-order valence-electron chi connectivity index (χ1n) is 9.95. The molecule has 28 heavy (non-hydrogen) atoms. The molecule has 1 unspecified atom stereocenters. The molecule has 5 rings (SSSR count). The van der Waals surface area contributed by atoms with Gasteiger partial charge in [0.05, 0.1) is 10.2 Å². The zero-order valence-corrected chi connectivity index (χ0v) is 16.9. The van der Waals surface area contributed by atoms with E-state index in [1.165, 1.54) is 17.5 Å². The number of aromatic nitrogens is 1. The van der Waals surface area contributed by atoms with Crippen LogP contribution in [0.25, 0.3) is 10.2 Å². The molecule has 2 aliphatic heterocycles. The summed E-state index contributed by atoms with van der Waals surface area (Å²) >= 11 is 1.80. The van der Waals surface area contributed by atoms with Crippen molar-refractivity contribution in [2.24, 2.45) is 5.92 Å². The van der Waals surface area contributed by atoms with E-state index in [1.54, 1.807) is 11.3 Å². The Morgan fingerprint density at radius 1 is 1.07 bits per heavy atom. The van der Waals surface area contributed by atoms with E-state index in [2.05, 4.69) is 41.1 Å². The molecular weight excluding hydrogens is 370 g/mol. The Labute approximate surface area is 169 Å². The van der Waals surface area contributed by atoms with Gasteiger partial charge in [0.25, 0.3) is 0 Å². The second kappa shape index (κ2) is 7.60. The Morgan fingerprint density at radius 2 is 1.82 bits per heavy atom. The van der Waals surface area contributed by atoms with E-state index in [0.29, 0.717) is 12.5 Å². The van der Waals surface area contributed by atoms with Crippen molar-refractivity contribution in [3.63, 3.8) is 0 Å². The van der Waals surface area contributed by atoms with E-state index in [4.69, 9.17) is 14.5 Å². The maximum Gasteiger partial charge on any atom is 0.186 e. The van der Waals surface area contributed by atoms with Crippen molar-refractivity contribution >= 4 is 26.7 Å². The van der Waals surface area contributed by atoms with Crippen molar-refractivity contribution in [3.05, 3.63) is 48.5 Å². The standard InChI is InChI=1S/C22H25N3O2S/c1-24(21-15-26-18-7-3-4-8-19(18)27-21)14-16-10-12-25(13-11-16)22-23-17-6-2-5-9-20(17)28-22/h2-9,16,21H,10-15H2,1H3. The molecular formula is C22H25N3O2S. The van der Waals surface area contributed by atoms with Crippen molar-refractivity contribution < 1.29 is 9.47 Å². The van der Waals surface area contributed by atoms with Crippen molar-refractivity contribution in [2.75, 3.05) is 38.2 Å². The van der Waals surface area contributed by atoms with Crippen LogP contribution in [0.3, 0.4) is 0 Å². The Hall–Kier alpha value is -2.31. The van der Waals surface area contributed by atoms with Crippen molar-refractivity contribution in [1.29, 1.82) is 0 Å². The smallest absolute Gasteiger partial charge is 0.186 e. The molecule has 3 aromatic rings. The van der Waals surface area contributed by atoms with Crippen LogP contribution in [-0.4, -0.2) is 49.4 Å². The second-order valence-electron chi connectivity index (χ2n) is 7.66. The molecule has 1 aromatic heterocycles. The Morgan fingerprint density at radius 3 is 2.64 bits per heavy atom. The highest BCUT2D eigenvalue weighted by Crippen LogP contribution is 2.33. The van der Waals surface area contributed by atoms with Crippen LogP contribution in [0.1, 0.15) is 12.8 Å². The Kier molecular flexibility index (Phi) is 4.82. The van der Waals surface area contributed by atoms with Crippen LogP contribution in [0.2, 0.25) is 0 Å². The first-order valence-corrected chi connectivity index (χ1v) is 10.8. The summed E-state index contributed by atoms with van der Waals surface area (Å²) in [5.74, 6) is 2.36. The molecule has 0 radical (unpaired) electrons. The summed E-state index contributed by atoms with van der Waals surface area (Å²) in [5.41, 5.74) is 1.11. The topological polar surface area (TPSA) is 37.8 Å². The molecule has 6 heteroatoms. The lowest BCUT2D eigenvalue weighted by atomic mass is 9.96. The molecule has 2 aromatic carbocycles. The van der Waals surface area contributed by atoms with Crippen LogP contribution in [0, 0.1) is 5.92 Å². The van der Waals surface area contributed by atoms with Gasteiger partial charge in [-0.25, -0.2) is 4.98 Å². The van der Waals surface area contributed by atoms with E-state index in [-0.39, 0.29) is 6.23 Å². The van der Waals surface area contributed by atoms with Gasteiger partial charge in [-0.1, -0.05) is 35.6 Å². The molecule has 1 saturated heterocycles. The molecule has 1 fully saturated rings. The highest BCUT2D eigenvalue weighted by molar-refractivity contribution is 7.22. The minimum Gasteiger partial charge on any atom is -0.484 e. The molecule has 146 valence electrons. The normalized spacial score (nSPS) is 20.1. The number of para-hydroxylation sites is 3. The molecule has 0 spiro atoms. The van der Waals surface area contributed by atoms with Gasteiger partial charge in [-0.15, -0.1) is 0 Å². The SMILES string of the molecule is CN(CC1CCN(c2nc3ccccc3s2)CC1)C1COc2ccccc2O1. The van der Waals surface area contributed by atoms with Gasteiger partial charge in [-0.05, 0) is 50.1 Å². The monoisotopic (exact) mass is 395 g/mol. The first-order chi connectivity index (χ1) is 13.8. The summed E-state index contributed by atoms with van der Waals surface area (Å²) in [6.07, 6.45) is 2.35. The third kappa shape index (κ3) is 3.54. The predicted octanol–water partition coefficient (Wildman–Crippen LogP) is 4.24. The van der Waals surface area contributed by atoms with Crippen LogP contribution in [0.5, 0.6) is 11.5 Å². The lowest BCUT2D eigenvalue weighted by molar-refractivity contribution is -0.0232. The molecule has 5 nitrogen and oxygen atoms in total. The number of nitrogens with zero attached hydrogens (tertiary/aromatic N) is 3. The number of ether oxygens (including phenoxy) is 2. The fraction of sp³-hybridized carbons (Fsp3) is 0.409. The van der Waals surface area contributed by atoms with Gasteiger partial charge in [-0.2, -0.15) is 0 Å². The summed E-state index contributed by atoms with van der Waals surface area (Å²) in [6, 6.07) is 16.3. The van der Waals surface area contributed by atoms with E-state index < -0.39 is 0 Å². The van der Waals surface area contributed by atoms with Crippen LogP contribution in [-0.2, 0) is 0 Å². The number of hydrogen-bond acceptors (Lipinski definition) is 6. The average Bonchev–Trinajstić information content (AvgIpc) is 3.18. The quantitative estimate of drug-likeness (QED) is 0.660. The second-order valence-corrected chi connectivity index (χ2v) is 8.67. The van der Waals surface area contributed by atoms with Gasteiger partial charge in [0.1, 0.15) is 6.61 Å². The molecule has 1 atom stereocenters. The number of benzene rings is 2. The summed E-state index contributed by atoms with van der Waals surface area (Å²) in [6.45, 7) is 3.76. The summed E-state index contributed by atoms with van der Waals surface area (Å²) < 4.78 is 13.3. The predicted molar refractivity (Wildman–Crippen MR) is 114 cm³/mol. The number of hydrogen-bond donors (Lipinski definition) is 0. The van der Waals surface area contributed by atoms with Crippen LogP contribution < -0.4 is 14.4 Å². The molecule has 2 aliphatic rings. The molecule has 0 N–H and O–H groups in total. The van der Waals surface area contributed by atoms with E-state index >= 15 is 0 Å². The van der Waals surface area contributed by atoms with Crippen molar-refractivity contribution in [1.82, 2.24) is 9.88 Å². The average molecular weight is 396 g/mol. The van der Waals surface area contributed by atoms with Crippen molar-refractivity contribution in [2.45, 2.75) is 19.1 Å². The first kappa shape index (κ1) is 17.8. The highest BCUT2D eigenvalue weighted by Gasteiger charge is 2.28. The van der Waals surface area contributed by atoms with Crippen molar-refractivity contribution in [3.8, 4) is 11.5 Å². The fourth-order valence-corrected chi connectivity index (χ4v) is 5.07. The number of thiazole rings is 1.